The van der Waals surface area contributed by atoms with E-state index in [-0.39, 0.29) is 23.3 Å². The fourth-order valence-corrected chi connectivity index (χ4v) is 5.59. The quantitative estimate of drug-likeness (QED) is 0.815. The van der Waals surface area contributed by atoms with Gasteiger partial charge >= 0.3 is 0 Å². The van der Waals surface area contributed by atoms with Crippen LogP contribution in [0.5, 0.6) is 0 Å². The van der Waals surface area contributed by atoms with Crippen LogP contribution in [0.15, 0.2) is 17.5 Å². The van der Waals surface area contributed by atoms with E-state index in [4.69, 9.17) is 0 Å². The first-order chi connectivity index (χ1) is 10.5. The second-order valence-electron chi connectivity index (χ2n) is 6.10. The molecule has 0 aliphatic carbocycles. The smallest absolute Gasteiger partial charge is 0.226 e. The molecule has 0 bridgehead atoms. The summed E-state index contributed by atoms with van der Waals surface area (Å²) in [6.45, 7) is 4.24. The lowest BCUT2D eigenvalue weighted by Gasteiger charge is -2.35. The highest BCUT2D eigenvalue weighted by atomic mass is 32.2. The van der Waals surface area contributed by atoms with E-state index in [1.165, 1.54) is 4.88 Å². The third-order valence-electron chi connectivity index (χ3n) is 4.52. The third kappa shape index (κ3) is 3.88. The maximum absolute atomic E-state index is 12.4. The summed E-state index contributed by atoms with van der Waals surface area (Å²) >= 11 is 1.79. The lowest BCUT2D eigenvalue weighted by atomic mass is 10.1. The van der Waals surface area contributed by atoms with Gasteiger partial charge in [0, 0.05) is 37.6 Å². The first-order valence-electron chi connectivity index (χ1n) is 7.77. The molecule has 0 N–H and O–H groups in total. The number of piperazine rings is 1. The molecule has 5 nitrogen and oxygen atoms in total. The topological polar surface area (TPSA) is 57.7 Å². The summed E-state index contributed by atoms with van der Waals surface area (Å²) in [5.41, 5.74) is 0. The minimum Gasteiger partial charge on any atom is -0.340 e. The van der Waals surface area contributed by atoms with E-state index >= 15 is 0 Å². The average molecular weight is 342 g/mol. The Morgan fingerprint density at radius 3 is 2.64 bits per heavy atom. The van der Waals surface area contributed by atoms with Gasteiger partial charge in [0.05, 0.1) is 17.4 Å². The Balaban J connectivity index is 1.44. The largest absolute Gasteiger partial charge is 0.340 e. The van der Waals surface area contributed by atoms with Gasteiger partial charge in [-0.05, 0) is 24.3 Å². The highest BCUT2D eigenvalue weighted by Gasteiger charge is 2.36. The van der Waals surface area contributed by atoms with Crippen molar-refractivity contribution >= 4 is 27.1 Å². The number of sulfone groups is 1. The number of hydrogen-bond acceptors (Lipinski definition) is 5. The van der Waals surface area contributed by atoms with Gasteiger partial charge in [-0.2, -0.15) is 0 Å². The fraction of sp³-hybridized carbons (Fsp3) is 0.667. The molecule has 3 rings (SSSR count). The molecule has 1 aromatic rings. The predicted octanol–water partition coefficient (Wildman–Crippen LogP) is 0.870. The molecule has 0 aromatic carbocycles. The van der Waals surface area contributed by atoms with Crippen LogP contribution in [0.3, 0.4) is 0 Å². The number of amides is 1. The number of nitrogens with zero attached hydrogens (tertiary/aromatic N) is 2. The molecule has 0 radical (unpaired) electrons. The predicted molar refractivity (Wildman–Crippen MR) is 87.8 cm³/mol. The number of rotatable bonds is 4. The second kappa shape index (κ2) is 6.68. The van der Waals surface area contributed by atoms with Gasteiger partial charge < -0.3 is 4.90 Å². The lowest BCUT2D eigenvalue weighted by Crippen LogP contribution is -2.50. The average Bonchev–Trinajstić information content (AvgIpc) is 3.14. The first-order valence-corrected chi connectivity index (χ1v) is 10.5. The van der Waals surface area contributed by atoms with Crippen LogP contribution in [0.1, 0.15) is 11.3 Å². The Hall–Kier alpha value is -0.920. The van der Waals surface area contributed by atoms with Crippen molar-refractivity contribution in [2.45, 2.75) is 12.8 Å². The molecule has 7 heteroatoms. The molecule has 0 saturated carbocycles. The van der Waals surface area contributed by atoms with E-state index in [9.17, 15) is 13.2 Å². The molecular formula is C15H22N2O3S2. The van der Waals surface area contributed by atoms with Gasteiger partial charge in [0.2, 0.25) is 5.91 Å². The summed E-state index contributed by atoms with van der Waals surface area (Å²) in [5.74, 6) is -0.0455. The van der Waals surface area contributed by atoms with Crippen molar-refractivity contribution in [1.29, 1.82) is 0 Å². The molecule has 122 valence electrons. The molecule has 3 heterocycles. The maximum Gasteiger partial charge on any atom is 0.226 e. The molecule has 2 fully saturated rings. The second-order valence-corrected chi connectivity index (χ2v) is 9.36. The third-order valence-corrected chi connectivity index (χ3v) is 7.22. The highest BCUT2D eigenvalue weighted by Crippen LogP contribution is 2.21. The summed E-state index contributed by atoms with van der Waals surface area (Å²) in [6.07, 6.45) is 1.56. The van der Waals surface area contributed by atoms with Crippen LogP contribution in [0, 0.1) is 5.92 Å². The van der Waals surface area contributed by atoms with E-state index in [2.05, 4.69) is 22.4 Å². The Kier molecular flexibility index (Phi) is 4.84. The summed E-state index contributed by atoms with van der Waals surface area (Å²) in [6, 6.07) is 4.23. The lowest BCUT2D eigenvalue weighted by molar-refractivity contribution is -0.136. The van der Waals surface area contributed by atoms with Crippen LogP contribution < -0.4 is 0 Å². The van der Waals surface area contributed by atoms with Gasteiger partial charge in [0.25, 0.3) is 0 Å². The molecule has 2 aliphatic rings. The van der Waals surface area contributed by atoms with E-state index in [0.717, 1.165) is 39.1 Å². The molecular weight excluding hydrogens is 320 g/mol. The monoisotopic (exact) mass is 342 g/mol. The number of hydrogen-bond donors (Lipinski definition) is 0. The molecule has 2 saturated heterocycles. The Morgan fingerprint density at radius 1 is 1.27 bits per heavy atom. The molecule has 0 unspecified atom stereocenters. The van der Waals surface area contributed by atoms with Crippen molar-refractivity contribution in [3.63, 3.8) is 0 Å². The molecule has 22 heavy (non-hydrogen) atoms. The van der Waals surface area contributed by atoms with Crippen molar-refractivity contribution in [3.8, 4) is 0 Å². The SMILES string of the molecule is O=C([C@@H]1CCS(=O)(=O)C1)N1CCN(CCc2cccs2)CC1. The highest BCUT2D eigenvalue weighted by molar-refractivity contribution is 7.91. The number of carbonyl (C=O) groups excluding carboxylic acids is 1. The zero-order valence-corrected chi connectivity index (χ0v) is 14.2. The van der Waals surface area contributed by atoms with Crippen LogP contribution in [-0.2, 0) is 21.1 Å². The van der Waals surface area contributed by atoms with Gasteiger partial charge in [-0.15, -0.1) is 11.3 Å². The van der Waals surface area contributed by atoms with E-state index in [1.54, 1.807) is 11.3 Å². The minimum atomic E-state index is -2.98. The van der Waals surface area contributed by atoms with Crippen molar-refractivity contribution in [1.82, 2.24) is 9.80 Å². The fourth-order valence-electron chi connectivity index (χ4n) is 3.16. The summed E-state index contributed by atoms with van der Waals surface area (Å²) in [4.78, 5) is 18.0. The van der Waals surface area contributed by atoms with Crippen LogP contribution in [0.2, 0.25) is 0 Å². The van der Waals surface area contributed by atoms with Gasteiger partial charge in [-0.1, -0.05) is 6.07 Å². The summed E-state index contributed by atoms with van der Waals surface area (Å²) in [5, 5.41) is 2.10. The summed E-state index contributed by atoms with van der Waals surface area (Å²) in [7, 11) is -2.98. The van der Waals surface area contributed by atoms with Crippen molar-refractivity contribution in [2.75, 3.05) is 44.2 Å². The van der Waals surface area contributed by atoms with Gasteiger partial charge in [-0.3, -0.25) is 9.69 Å². The standard InChI is InChI=1S/C15H22N2O3S2/c18-15(13-4-11-22(19,20)12-13)17-8-6-16(7-9-17)5-3-14-2-1-10-21-14/h1-2,10,13H,3-9,11-12H2/t13-/m1/s1. The molecule has 1 amide bonds. The first kappa shape index (κ1) is 16.0. The van der Waals surface area contributed by atoms with E-state index in [1.807, 2.05) is 4.90 Å². The Labute approximate surface area is 135 Å². The zero-order chi connectivity index (χ0) is 15.6. The van der Waals surface area contributed by atoms with E-state index < -0.39 is 9.84 Å². The number of thiophene rings is 1. The zero-order valence-electron chi connectivity index (χ0n) is 12.6. The Morgan fingerprint density at radius 2 is 2.05 bits per heavy atom. The van der Waals surface area contributed by atoms with Crippen LogP contribution in [-0.4, -0.2) is 68.4 Å². The van der Waals surface area contributed by atoms with Crippen molar-refractivity contribution in [3.05, 3.63) is 22.4 Å². The normalized spacial score (nSPS) is 25.5. The molecule has 2 aliphatic heterocycles. The van der Waals surface area contributed by atoms with Crippen LogP contribution in [0.4, 0.5) is 0 Å². The molecule has 0 spiro atoms. The minimum absolute atomic E-state index is 0.0407. The molecule has 1 aromatic heterocycles. The van der Waals surface area contributed by atoms with Crippen LogP contribution in [0.25, 0.3) is 0 Å². The van der Waals surface area contributed by atoms with Gasteiger partial charge in [-0.25, -0.2) is 8.42 Å². The van der Waals surface area contributed by atoms with Gasteiger partial charge in [0.15, 0.2) is 9.84 Å². The number of carbonyl (C=O) groups is 1. The van der Waals surface area contributed by atoms with E-state index in [0.29, 0.717) is 6.42 Å². The molecule has 1 atom stereocenters. The van der Waals surface area contributed by atoms with Crippen molar-refractivity contribution < 1.29 is 13.2 Å². The van der Waals surface area contributed by atoms with Gasteiger partial charge in [0.1, 0.15) is 0 Å². The summed E-state index contributed by atoms with van der Waals surface area (Å²) < 4.78 is 23.0. The van der Waals surface area contributed by atoms with Crippen LogP contribution >= 0.6 is 11.3 Å². The maximum atomic E-state index is 12.4. The van der Waals surface area contributed by atoms with Crippen molar-refractivity contribution in [2.24, 2.45) is 5.92 Å². The Bertz CT molecular complexity index is 605.